The van der Waals surface area contributed by atoms with Crippen LogP contribution in [0.2, 0.25) is 0 Å². The minimum absolute atomic E-state index is 0.0375. The summed E-state index contributed by atoms with van der Waals surface area (Å²) >= 11 is 0. The van der Waals surface area contributed by atoms with Crippen LogP contribution in [0.25, 0.3) is 0 Å². The van der Waals surface area contributed by atoms with Gasteiger partial charge in [0, 0.05) is 12.1 Å². The zero-order chi connectivity index (χ0) is 14.0. The number of hydrogen-bond donors (Lipinski definition) is 0. The maximum Gasteiger partial charge on any atom is 0.333 e. The fourth-order valence-corrected chi connectivity index (χ4v) is 1.25. The average Bonchev–Trinajstić information content (AvgIpc) is 2.34. The van der Waals surface area contributed by atoms with Gasteiger partial charge in [0.05, 0.1) is 6.42 Å². The Morgan fingerprint density at radius 3 is 2.22 bits per heavy atom. The van der Waals surface area contributed by atoms with Gasteiger partial charge >= 0.3 is 11.9 Å². The topological polar surface area (TPSA) is 55.8 Å². The van der Waals surface area contributed by atoms with E-state index in [4.69, 9.17) is 9.47 Å². The molecule has 0 aliphatic heterocycles. The summed E-state index contributed by atoms with van der Waals surface area (Å²) in [7, 11) is 0. The highest BCUT2D eigenvalue weighted by molar-refractivity contribution is 5.87. The summed E-state index contributed by atoms with van der Waals surface area (Å²) < 4.78 is 9.82. The van der Waals surface area contributed by atoms with E-state index in [1.54, 1.807) is 6.92 Å². The quantitative estimate of drug-likeness (QED) is 0.461. The molecule has 0 saturated carbocycles. The third-order valence-electron chi connectivity index (χ3n) is 2.45. The van der Waals surface area contributed by atoms with E-state index in [1.807, 2.05) is 0 Å². The first-order chi connectivity index (χ1) is 8.51. The Hall–Kier alpha value is -1.36. The van der Waals surface area contributed by atoms with Crippen LogP contribution in [-0.2, 0) is 19.1 Å². The zero-order valence-electron chi connectivity index (χ0n) is 11.5. The maximum absolute atomic E-state index is 11.3. The first kappa shape index (κ1) is 16.6. The number of hydrogen-bond acceptors (Lipinski definition) is 5. The normalized spacial score (nSPS) is 10.2. The molecule has 104 valence electrons. The van der Waals surface area contributed by atoms with Crippen LogP contribution in [0.15, 0.2) is 12.2 Å². The van der Waals surface area contributed by atoms with Crippen molar-refractivity contribution < 1.29 is 19.1 Å². The van der Waals surface area contributed by atoms with Gasteiger partial charge in [0.15, 0.2) is 0 Å². The van der Waals surface area contributed by atoms with Gasteiger partial charge in [0.2, 0.25) is 0 Å². The summed E-state index contributed by atoms with van der Waals surface area (Å²) in [5, 5.41) is 0. The largest absolute Gasteiger partial charge is 0.464 e. The zero-order valence-corrected chi connectivity index (χ0v) is 11.5. The molecule has 0 aromatic rings. The second kappa shape index (κ2) is 9.65. The Bertz CT molecular complexity index is 285. The van der Waals surface area contributed by atoms with Crippen LogP contribution in [0.1, 0.15) is 27.2 Å². The minimum atomic E-state index is -0.481. The number of ether oxygens (including phenoxy) is 2. The summed E-state index contributed by atoms with van der Waals surface area (Å²) in [5.41, 5.74) is 0.324. The molecule has 0 aliphatic rings. The monoisotopic (exact) mass is 257 g/mol. The number of rotatable bonds is 9. The van der Waals surface area contributed by atoms with Crippen LogP contribution < -0.4 is 0 Å². The molecule has 5 nitrogen and oxygen atoms in total. The highest BCUT2D eigenvalue weighted by atomic mass is 16.5. The Kier molecular flexibility index (Phi) is 8.92. The van der Waals surface area contributed by atoms with Crippen molar-refractivity contribution in [3.8, 4) is 0 Å². The second-order valence-corrected chi connectivity index (χ2v) is 3.91. The maximum atomic E-state index is 11.3. The molecule has 0 saturated heterocycles. The molecule has 0 aromatic heterocycles. The van der Waals surface area contributed by atoms with Crippen molar-refractivity contribution in [1.29, 1.82) is 0 Å². The standard InChI is InChI=1S/C13H23NO4/c1-5-14(6-2)8-10-17-12(15)7-9-18-13(16)11(3)4/h3,5-10H2,1-2,4H3. The highest BCUT2D eigenvalue weighted by Crippen LogP contribution is 1.95. The Morgan fingerprint density at radius 1 is 1.11 bits per heavy atom. The van der Waals surface area contributed by atoms with E-state index in [9.17, 15) is 9.59 Å². The molecule has 0 fully saturated rings. The number of likely N-dealkylation sites (N-methyl/N-ethyl adjacent to an activating group) is 1. The lowest BCUT2D eigenvalue weighted by Crippen LogP contribution is -2.28. The van der Waals surface area contributed by atoms with E-state index >= 15 is 0 Å². The highest BCUT2D eigenvalue weighted by Gasteiger charge is 2.07. The molecule has 0 radical (unpaired) electrons. The summed E-state index contributed by atoms with van der Waals surface area (Å²) in [4.78, 5) is 24.5. The van der Waals surface area contributed by atoms with Crippen molar-refractivity contribution in [2.75, 3.05) is 32.8 Å². The van der Waals surface area contributed by atoms with Crippen molar-refractivity contribution in [1.82, 2.24) is 4.90 Å². The van der Waals surface area contributed by atoms with Crippen LogP contribution >= 0.6 is 0 Å². The fraction of sp³-hybridized carbons (Fsp3) is 0.692. The van der Waals surface area contributed by atoms with E-state index in [0.717, 1.165) is 19.6 Å². The molecule has 0 unspecified atom stereocenters. The first-order valence-electron chi connectivity index (χ1n) is 6.21. The molecule has 18 heavy (non-hydrogen) atoms. The molecule has 5 heteroatoms. The molecule has 0 atom stereocenters. The third-order valence-corrected chi connectivity index (χ3v) is 2.45. The van der Waals surface area contributed by atoms with Gasteiger partial charge in [-0.2, -0.15) is 0 Å². The third kappa shape index (κ3) is 7.84. The molecule has 0 rings (SSSR count). The predicted octanol–water partition coefficient (Wildman–Crippen LogP) is 1.38. The molecule has 0 aromatic carbocycles. The number of esters is 2. The van der Waals surface area contributed by atoms with E-state index in [0.29, 0.717) is 12.2 Å². The van der Waals surface area contributed by atoms with Gasteiger partial charge in [0.1, 0.15) is 13.2 Å². The molecule has 0 bridgehead atoms. The fourth-order valence-electron chi connectivity index (χ4n) is 1.25. The van der Waals surface area contributed by atoms with Crippen molar-refractivity contribution >= 4 is 11.9 Å². The van der Waals surface area contributed by atoms with E-state index < -0.39 is 5.97 Å². The predicted molar refractivity (Wildman–Crippen MR) is 69.1 cm³/mol. The number of nitrogens with zero attached hydrogens (tertiary/aromatic N) is 1. The van der Waals surface area contributed by atoms with Gasteiger partial charge in [0.25, 0.3) is 0 Å². The van der Waals surface area contributed by atoms with Gasteiger partial charge in [-0.3, -0.25) is 4.79 Å². The van der Waals surface area contributed by atoms with Crippen molar-refractivity contribution in [2.45, 2.75) is 27.2 Å². The van der Waals surface area contributed by atoms with Gasteiger partial charge in [-0.15, -0.1) is 0 Å². The molecule has 0 heterocycles. The average molecular weight is 257 g/mol. The van der Waals surface area contributed by atoms with Crippen LogP contribution in [0.4, 0.5) is 0 Å². The Morgan fingerprint density at radius 2 is 1.72 bits per heavy atom. The lowest BCUT2D eigenvalue weighted by atomic mass is 10.4. The Labute approximate surface area is 109 Å². The van der Waals surface area contributed by atoms with Crippen molar-refractivity contribution in [3.05, 3.63) is 12.2 Å². The van der Waals surface area contributed by atoms with Gasteiger partial charge in [-0.25, -0.2) is 4.79 Å². The second-order valence-electron chi connectivity index (χ2n) is 3.91. The Balaban J connectivity index is 3.60. The number of carbonyl (C=O) groups is 2. The van der Waals surface area contributed by atoms with Crippen LogP contribution in [0.3, 0.4) is 0 Å². The van der Waals surface area contributed by atoms with E-state index in [1.165, 1.54) is 0 Å². The number of carbonyl (C=O) groups excluding carboxylic acids is 2. The smallest absolute Gasteiger partial charge is 0.333 e. The SMILES string of the molecule is C=C(C)C(=O)OCCC(=O)OCCN(CC)CC. The van der Waals surface area contributed by atoms with Crippen LogP contribution in [-0.4, -0.2) is 49.7 Å². The van der Waals surface area contributed by atoms with Gasteiger partial charge in [-0.1, -0.05) is 20.4 Å². The summed E-state index contributed by atoms with van der Waals surface area (Å²) in [6.45, 7) is 12.1. The molecule has 0 spiro atoms. The van der Waals surface area contributed by atoms with Crippen LogP contribution in [0.5, 0.6) is 0 Å². The lowest BCUT2D eigenvalue weighted by Gasteiger charge is -2.17. The molecule has 0 N–H and O–H groups in total. The van der Waals surface area contributed by atoms with E-state index in [-0.39, 0.29) is 19.0 Å². The first-order valence-corrected chi connectivity index (χ1v) is 6.21. The molecular formula is C13H23NO4. The van der Waals surface area contributed by atoms with Crippen molar-refractivity contribution in [2.24, 2.45) is 0 Å². The van der Waals surface area contributed by atoms with Gasteiger partial charge in [-0.05, 0) is 20.0 Å². The van der Waals surface area contributed by atoms with Crippen molar-refractivity contribution in [3.63, 3.8) is 0 Å². The molecular weight excluding hydrogens is 234 g/mol. The summed E-state index contributed by atoms with van der Waals surface area (Å²) in [6, 6.07) is 0. The van der Waals surface area contributed by atoms with E-state index in [2.05, 4.69) is 25.3 Å². The van der Waals surface area contributed by atoms with Crippen LogP contribution in [0, 0.1) is 0 Å². The van der Waals surface area contributed by atoms with Gasteiger partial charge < -0.3 is 14.4 Å². The molecule has 0 amide bonds. The lowest BCUT2D eigenvalue weighted by molar-refractivity contribution is -0.147. The minimum Gasteiger partial charge on any atom is -0.464 e. The summed E-state index contributed by atoms with van der Waals surface area (Å²) in [6.07, 6.45) is 0.0806. The summed E-state index contributed by atoms with van der Waals surface area (Å²) in [5.74, 6) is -0.831. The molecule has 0 aliphatic carbocycles.